The molecule has 2 aromatic rings. The molecule has 0 spiro atoms. The number of amides is 1. The number of hydrogen-bond donors (Lipinski definition) is 1. The van der Waals surface area contributed by atoms with Crippen molar-refractivity contribution in [2.24, 2.45) is 0 Å². The molecule has 1 heterocycles. The number of carbonyl (C=O) groups is 1. The van der Waals surface area contributed by atoms with Gasteiger partial charge in [-0.25, -0.2) is 12.8 Å². The maximum Gasteiger partial charge on any atom is 0.274 e. The number of hydrogen-bond acceptors (Lipinski definition) is 4. The van der Waals surface area contributed by atoms with E-state index in [4.69, 9.17) is 0 Å². The number of nitrogens with one attached hydrogen (secondary N) is 1. The molecule has 1 amide bonds. The molecule has 0 saturated heterocycles. The quantitative estimate of drug-likeness (QED) is 0.815. The van der Waals surface area contributed by atoms with Gasteiger partial charge in [0, 0.05) is 6.04 Å². The first-order valence-corrected chi connectivity index (χ1v) is 9.78. The van der Waals surface area contributed by atoms with Crippen LogP contribution in [0, 0.1) is 5.82 Å². The summed E-state index contributed by atoms with van der Waals surface area (Å²) in [5, 5.41) is 4.32. The minimum atomic E-state index is -4.02. The van der Waals surface area contributed by atoms with E-state index in [-0.39, 0.29) is 15.9 Å². The van der Waals surface area contributed by atoms with Gasteiger partial charge >= 0.3 is 0 Å². The van der Waals surface area contributed by atoms with Gasteiger partial charge in [0.1, 0.15) is 16.6 Å². The average Bonchev–Trinajstić information content (AvgIpc) is 3.08. The number of halogens is 1. The van der Waals surface area contributed by atoms with Crippen LogP contribution in [0.25, 0.3) is 0 Å². The van der Waals surface area contributed by atoms with E-state index in [1.807, 2.05) is 13.8 Å². The monoisotopic (exact) mass is 370 g/mol. The first kappa shape index (κ1) is 18.4. The van der Waals surface area contributed by atoms with Crippen molar-refractivity contribution in [3.05, 3.63) is 47.6 Å². The minimum Gasteiger partial charge on any atom is -0.352 e. The molecule has 1 aromatic heterocycles. The van der Waals surface area contributed by atoms with E-state index in [9.17, 15) is 17.6 Å². The van der Waals surface area contributed by atoms with Gasteiger partial charge in [0.05, 0.1) is 5.69 Å². The van der Waals surface area contributed by atoms with Crippen LogP contribution in [0.5, 0.6) is 0 Å². The highest BCUT2D eigenvalue weighted by Gasteiger charge is 2.30. The standard InChI is InChI=1S/C16H19FN2O3S2/c1-3-12(2)18-15(20)11-19(14-8-5-4-7-13(14)17)24(21,22)16-9-6-10-23-16/h4-10,12H,3,11H2,1-2H3,(H,18,20). The number of benzene rings is 1. The number of thiophene rings is 1. The van der Waals surface area contributed by atoms with Crippen molar-refractivity contribution < 1.29 is 17.6 Å². The Kier molecular flexibility index (Phi) is 5.95. The van der Waals surface area contributed by atoms with Gasteiger partial charge in [0.2, 0.25) is 5.91 Å². The summed E-state index contributed by atoms with van der Waals surface area (Å²) in [6, 6.07) is 8.44. The third-order valence-corrected chi connectivity index (χ3v) is 6.60. The van der Waals surface area contributed by atoms with Crippen LogP contribution in [-0.4, -0.2) is 26.9 Å². The number of carbonyl (C=O) groups excluding carboxylic acids is 1. The van der Waals surface area contributed by atoms with E-state index in [1.165, 1.54) is 30.3 Å². The number of nitrogens with zero attached hydrogens (tertiary/aromatic N) is 1. The molecule has 0 aliphatic carbocycles. The molecule has 8 heteroatoms. The Balaban J connectivity index is 2.40. The Bertz CT molecular complexity index is 791. The van der Waals surface area contributed by atoms with Crippen molar-refractivity contribution >= 4 is 33.0 Å². The molecule has 2 rings (SSSR count). The third-order valence-electron chi connectivity index (χ3n) is 3.47. The minimum absolute atomic E-state index is 0.0575. The SMILES string of the molecule is CCC(C)NC(=O)CN(c1ccccc1F)S(=O)(=O)c1cccs1. The molecule has 0 aliphatic rings. The molecular formula is C16H19FN2O3S2. The van der Waals surface area contributed by atoms with E-state index in [2.05, 4.69) is 5.32 Å². The molecule has 1 unspecified atom stereocenters. The van der Waals surface area contributed by atoms with E-state index in [0.29, 0.717) is 6.42 Å². The van der Waals surface area contributed by atoms with Crippen LogP contribution in [-0.2, 0) is 14.8 Å². The number of para-hydroxylation sites is 1. The maximum atomic E-state index is 14.2. The molecular weight excluding hydrogens is 351 g/mol. The second-order valence-corrected chi connectivity index (χ2v) is 8.31. The van der Waals surface area contributed by atoms with Gasteiger partial charge in [-0.05, 0) is 36.9 Å². The zero-order valence-corrected chi connectivity index (χ0v) is 15.0. The highest BCUT2D eigenvalue weighted by atomic mass is 32.2. The summed E-state index contributed by atoms with van der Waals surface area (Å²) < 4.78 is 40.7. The summed E-state index contributed by atoms with van der Waals surface area (Å²) in [4.78, 5) is 12.2. The Morgan fingerprint density at radius 3 is 2.58 bits per heavy atom. The maximum absolute atomic E-state index is 14.2. The van der Waals surface area contributed by atoms with E-state index < -0.39 is 28.3 Å². The summed E-state index contributed by atoms with van der Waals surface area (Å²) in [6.45, 7) is 3.24. The van der Waals surface area contributed by atoms with Crippen molar-refractivity contribution in [3.63, 3.8) is 0 Å². The van der Waals surface area contributed by atoms with Crippen molar-refractivity contribution in [2.75, 3.05) is 10.8 Å². The molecule has 0 fully saturated rings. The van der Waals surface area contributed by atoms with Gasteiger partial charge in [-0.15, -0.1) is 11.3 Å². The third kappa shape index (κ3) is 4.12. The molecule has 1 aromatic carbocycles. The van der Waals surface area contributed by atoms with Gasteiger partial charge in [-0.1, -0.05) is 25.1 Å². The van der Waals surface area contributed by atoms with Crippen molar-refractivity contribution in [2.45, 2.75) is 30.5 Å². The second-order valence-electron chi connectivity index (χ2n) is 5.27. The predicted molar refractivity (Wildman–Crippen MR) is 93.1 cm³/mol. The van der Waals surface area contributed by atoms with Gasteiger partial charge in [0.25, 0.3) is 10.0 Å². The zero-order chi connectivity index (χ0) is 17.7. The van der Waals surface area contributed by atoms with Crippen LogP contribution in [0.1, 0.15) is 20.3 Å². The lowest BCUT2D eigenvalue weighted by atomic mass is 10.2. The fourth-order valence-electron chi connectivity index (χ4n) is 2.03. The average molecular weight is 370 g/mol. The second kappa shape index (κ2) is 7.76. The number of anilines is 1. The fourth-order valence-corrected chi connectivity index (χ4v) is 4.56. The molecule has 1 atom stereocenters. The van der Waals surface area contributed by atoms with Crippen molar-refractivity contribution in [1.29, 1.82) is 0 Å². The first-order chi connectivity index (χ1) is 11.4. The molecule has 5 nitrogen and oxygen atoms in total. The van der Waals surface area contributed by atoms with E-state index in [1.54, 1.807) is 11.4 Å². The molecule has 24 heavy (non-hydrogen) atoms. The van der Waals surface area contributed by atoms with Crippen LogP contribution in [0.15, 0.2) is 46.0 Å². The molecule has 0 saturated carbocycles. The van der Waals surface area contributed by atoms with Gasteiger partial charge < -0.3 is 5.32 Å². The van der Waals surface area contributed by atoms with Gasteiger partial charge in [-0.2, -0.15) is 0 Å². The normalized spacial score (nSPS) is 12.6. The van der Waals surface area contributed by atoms with Gasteiger partial charge in [-0.3, -0.25) is 9.10 Å². The fraction of sp³-hybridized carbons (Fsp3) is 0.312. The molecule has 0 bridgehead atoms. The summed E-state index contributed by atoms with van der Waals surface area (Å²) in [6.07, 6.45) is 0.711. The Morgan fingerprint density at radius 2 is 2.00 bits per heavy atom. The number of rotatable bonds is 7. The summed E-state index contributed by atoms with van der Waals surface area (Å²) >= 11 is 1.02. The zero-order valence-electron chi connectivity index (χ0n) is 13.4. The molecule has 0 radical (unpaired) electrons. The van der Waals surface area contributed by atoms with Crippen LogP contribution in [0.2, 0.25) is 0 Å². The summed E-state index contributed by atoms with van der Waals surface area (Å²) in [7, 11) is -4.02. The number of sulfonamides is 1. The Hall–Kier alpha value is -1.93. The van der Waals surface area contributed by atoms with Crippen molar-refractivity contribution in [3.8, 4) is 0 Å². The highest BCUT2D eigenvalue weighted by molar-refractivity contribution is 7.94. The van der Waals surface area contributed by atoms with E-state index >= 15 is 0 Å². The summed E-state index contributed by atoms with van der Waals surface area (Å²) in [5.41, 5.74) is -0.148. The lowest BCUT2D eigenvalue weighted by Crippen LogP contribution is -2.43. The highest BCUT2D eigenvalue weighted by Crippen LogP contribution is 2.28. The van der Waals surface area contributed by atoms with Crippen LogP contribution >= 0.6 is 11.3 Å². The topological polar surface area (TPSA) is 66.5 Å². The summed E-state index contributed by atoms with van der Waals surface area (Å²) in [5.74, 6) is -1.18. The van der Waals surface area contributed by atoms with E-state index in [0.717, 1.165) is 15.6 Å². The Morgan fingerprint density at radius 1 is 1.29 bits per heavy atom. The van der Waals surface area contributed by atoms with Gasteiger partial charge in [0.15, 0.2) is 0 Å². The smallest absolute Gasteiger partial charge is 0.274 e. The largest absolute Gasteiger partial charge is 0.352 e. The predicted octanol–water partition coefficient (Wildman–Crippen LogP) is 3.00. The van der Waals surface area contributed by atoms with Crippen LogP contribution in [0.3, 0.4) is 0 Å². The van der Waals surface area contributed by atoms with Crippen molar-refractivity contribution in [1.82, 2.24) is 5.32 Å². The lowest BCUT2D eigenvalue weighted by Gasteiger charge is -2.24. The first-order valence-electron chi connectivity index (χ1n) is 7.46. The van der Waals surface area contributed by atoms with Crippen LogP contribution in [0.4, 0.5) is 10.1 Å². The molecule has 130 valence electrons. The lowest BCUT2D eigenvalue weighted by molar-refractivity contribution is -0.120. The molecule has 0 aliphatic heterocycles. The Labute approximate surface area is 145 Å². The molecule has 1 N–H and O–H groups in total. The van der Waals surface area contributed by atoms with Crippen LogP contribution < -0.4 is 9.62 Å².